The molecule has 1 aliphatic rings. The number of para-hydroxylation sites is 1. The SMILES string of the molecule is Cc1c(C(=O)ON2C(=O)c3ccccc3C2=O)cnc2c(Cl)cccc12. The van der Waals surface area contributed by atoms with Gasteiger partial charge in [-0.15, -0.1) is 0 Å². The maximum atomic E-state index is 12.6. The highest BCUT2D eigenvalue weighted by molar-refractivity contribution is 6.35. The number of aromatic nitrogens is 1. The number of halogens is 1. The highest BCUT2D eigenvalue weighted by Gasteiger charge is 2.39. The molecule has 6 nitrogen and oxygen atoms in total. The van der Waals surface area contributed by atoms with E-state index in [2.05, 4.69) is 4.98 Å². The molecule has 1 aliphatic heterocycles. The molecule has 2 heterocycles. The molecule has 7 heteroatoms. The lowest BCUT2D eigenvalue weighted by molar-refractivity contribution is -0.0585. The molecular formula is C19H11ClN2O4. The van der Waals surface area contributed by atoms with E-state index in [-0.39, 0.29) is 16.7 Å². The van der Waals surface area contributed by atoms with Gasteiger partial charge in [0, 0.05) is 11.6 Å². The molecule has 26 heavy (non-hydrogen) atoms. The smallest absolute Gasteiger partial charge is 0.324 e. The van der Waals surface area contributed by atoms with Crippen LogP contribution in [0.1, 0.15) is 36.6 Å². The van der Waals surface area contributed by atoms with Crippen molar-refractivity contribution in [3.8, 4) is 0 Å². The van der Waals surface area contributed by atoms with Crippen molar-refractivity contribution in [3.63, 3.8) is 0 Å². The van der Waals surface area contributed by atoms with E-state index < -0.39 is 17.8 Å². The number of amides is 2. The van der Waals surface area contributed by atoms with Crippen molar-refractivity contribution in [1.82, 2.24) is 10.0 Å². The van der Waals surface area contributed by atoms with Crippen LogP contribution >= 0.6 is 11.6 Å². The summed E-state index contributed by atoms with van der Waals surface area (Å²) in [4.78, 5) is 46.5. The molecule has 0 spiro atoms. The number of hydrogen-bond acceptors (Lipinski definition) is 5. The highest BCUT2D eigenvalue weighted by Crippen LogP contribution is 2.27. The van der Waals surface area contributed by atoms with E-state index in [1.165, 1.54) is 18.3 Å². The van der Waals surface area contributed by atoms with E-state index in [0.717, 1.165) is 0 Å². The number of nitrogens with zero attached hydrogens (tertiary/aromatic N) is 2. The topological polar surface area (TPSA) is 76.6 Å². The number of rotatable bonds is 2. The molecule has 0 fully saturated rings. The molecule has 0 atom stereocenters. The van der Waals surface area contributed by atoms with Crippen LogP contribution in [0.25, 0.3) is 10.9 Å². The summed E-state index contributed by atoms with van der Waals surface area (Å²) in [6.45, 7) is 1.72. The second-order valence-electron chi connectivity index (χ2n) is 5.76. The number of fused-ring (bicyclic) bond motifs is 2. The summed E-state index contributed by atoms with van der Waals surface area (Å²) in [5.74, 6) is -2.19. The predicted octanol–water partition coefficient (Wildman–Crippen LogP) is 3.56. The van der Waals surface area contributed by atoms with Gasteiger partial charge < -0.3 is 4.84 Å². The molecule has 2 aromatic carbocycles. The maximum Gasteiger partial charge on any atom is 0.365 e. The Labute approximate surface area is 152 Å². The number of carbonyl (C=O) groups excluding carboxylic acids is 3. The fourth-order valence-corrected chi connectivity index (χ4v) is 3.13. The minimum absolute atomic E-state index is 0.149. The molecule has 0 saturated carbocycles. The van der Waals surface area contributed by atoms with Gasteiger partial charge in [-0.3, -0.25) is 14.6 Å². The average Bonchev–Trinajstić information content (AvgIpc) is 2.88. The van der Waals surface area contributed by atoms with Gasteiger partial charge in [0.1, 0.15) is 0 Å². The summed E-state index contributed by atoms with van der Waals surface area (Å²) in [6.07, 6.45) is 1.32. The lowest BCUT2D eigenvalue weighted by Gasteiger charge is -2.14. The molecule has 0 unspecified atom stereocenters. The van der Waals surface area contributed by atoms with Crippen LogP contribution in [0.3, 0.4) is 0 Å². The van der Waals surface area contributed by atoms with Crippen molar-refractivity contribution < 1.29 is 19.2 Å². The Morgan fingerprint density at radius 2 is 1.69 bits per heavy atom. The normalized spacial score (nSPS) is 13.2. The van der Waals surface area contributed by atoms with E-state index in [1.807, 2.05) is 0 Å². The van der Waals surface area contributed by atoms with Gasteiger partial charge in [0.15, 0.2) is 0 Å². The van der Waals surface area contributed by atoms with E-state index in [1.54, 1.807) is 37.3 Å². The third kappa shape index (κ3) is 2.34. The predicted molar refractivity (Wildman–Crippen MR) is 93.8 cm³/mol. The molecule has 2 amide bonds. The van der Waals surface area contributed by atoms with Crippen LogP contribution in [0.5, 0.6) is 0 Å². The number of hydroxylamine groups is 2. The monoisotopic (exact) mass is 366 g/mol. The molecule has 0 aliphatic carbocycles. The Morgan fingerprint density at radius 1 is 1.04 bits per heavy atom. The lowest BCUT2D eigenvalue weighted by atomic mass is 10.1. The van der Waals surface area contributed by atoms with Crippen molar-refractivity contribution in [2.75, 3.05) is 0 Å². The number of aryl methyl sites for hydroxylation is 1. The van der Waals surface area contributed by atoms with Crippen molar-refractivity contribution in [2.45, 2.75) is 6.92 Å². The van der Waals surface area contributed by atoms with Gasteiger partial charge in [0.2, 0.25) is 0 Å². The Balaban J connectivity index is 1.68. The van der Waals surface area contributed by atoms with E-state index in [0.29, 0.717) is 26.6 Å². The number of hydrogen-bond donors (Lipinski definition) is 0. The minimum atomic E-state index is -0.841. The van der Waals surface area contributed by atoms with Gasteiger partial charge in [0.25, 0.3) is 11.8 Å². The number of imide groups is 1. The van der Waals surface area contributed by atoms with Crippen molar-refractivity contribution in [2.24, 2.45) is 0 Å². The number of carbonyl (C=O) groups is 3. The average molecular weight is 367 g/mol. The third-order valence-electron chi connectivity index (χ3n) is 4.27. The maximum absolute atomic E-state index is 12.6. The van der Waals surface area contributed by atoms with Crippen molar-refractivity contribution in [3.05, 3.63) is 75.9 Å². The standard InChI is InChI=1S/C19H11ClN2O4/c1-10-11-7-4-8-15(20)16(11)21-9-14(10)19(25)26-22-17(23)12-5-2-3-6-13(12)18(22)24/h2-9H,1H3. The zero-order valence-electron chi connectivity index (χ0n) is 13.5. The first-order chi connectivity index (χ1) is 12.5. The Morgan fingerprint density at radius 3 is 2.35 bits per heavy atom. The molecule has 1 aromatic heterocycles. The molecule has 4 rings (SSSR count). The Kier molecular flexibility index (Phi) is 3.70. The first-order valence-corrected chi connectivity index (χ1v) is 8.11. The summed E-state index contributed by atoms with van der Waals surface area (Å²) >= 11 is 6.11. The van der Waals surface area contributed by atoms with Crippen LogP contribution in [-0.2, 0) is 4.84 Å². The number of benzene rings is 2. The fraction of sp³-hybridized carbons (Fsp3) is 0.0526. The third-order valence-corrected chi connectivity index (χ3v) is 4.57. The van der Waals surface area contributed by atoms with Gasteiger partial charge in [-0.2, -0.15) is 0 Å². The van der Waals surface area contributed by atoms with Crippen LogP contribution in [0.2, 0.25) is 5.02 Å². The van der Waals surface area contributed by atoms with Crippen LogP contribution < -0.4 is 0 Å². The zero-order valence-corrected chi connectivity index (χ0v) is 14.3. The van der Waals surface area contributed by atoms with Crippen molar-refractivity contribution in [1.29, 1.82) is 0 Å². The molecule has 128 valence electrons. The van der Waals surface area contributed by atoms with Gasteiger partial charge in [-0.25, -0.2) is 4.79 Å². The summed E-state index contributed by atoms with van der Waals surface area (Å²) in [5, 5.41) is 1.63. The summed E-state index contributed by atoms with van der Waals surface area (Å²) in [6, 6.07) is 11.5. The van der Waals surface area contributed by atoms with Gasteiger partial charge in [-0.1, -0.05) is 40.9 Å². The highest BCUT2D eigenvalue weighted by atomic mass is 35.5. The Hall–Kier alpha value is -3.25. The summed E-state index contributed by atoms with van der Waals surface area (Å²) < 4.78 is 0. The summed E-state index contributed by atoms with van der Waals surface area (Å²) in [5.41, 5.74) is 1.70. The molecule has 0 radical (unpaired) electrons. The van der Waals surface area contributed by atoms with E-state index in [9.17, 15) is 14.4 Å². The van der Waals surface area contributed by atoms with Crippen LogP contribution in [-0.4, -0.2) is 27.8 Å². The van der Waals surface area contributed by atoms with Gasteiger partial charge >= 0.3 is 5.97 Å². The zero-order chi connectivity index (χ0) is 18.4. The fourth-order valence-electron chi connectivity index (χ4n) is 2.91. The molecule has 0 saturated heterocycles. The molecule has 3 aromatic rings. The second-order valence-corrected chi connectivity index (χ2v) is 6.17. The minimum Gasteiger partial charge on any atom is -0.324 e. The molecule has 0 bridgehead atoms. The van der Waals surface area contributed by atoms with Crippen LogP contribution in [0, 0.1) is 6.92 Å². The quantitative estimate of drug-likeness (QED) is 0.648. The summed E-state index contributed by atoms with van der Waals surface area (Å²) in [7, 11) is 0. The van der Waals surface area contributed by atoms with Crippen molar-refractivity contribution >= 4 is 40.3 Å². The molecular weight excluding hydrogens is 356 g/mol. The largest absolute Gasteiger partial charge is 0.365 e. The number of pyridine rings is 1. The lowest BCUT2D eigenvalue weighted by Crippen LogP contribution is -2.33. The second kappa shape index (κ2) is 5.93. The van der Waals surface area contributed by atoms with E-state index >= 15 is 0 Å². The van der Waals surface area contributed by atoms with Gasteiger partial charge in [0.05, 0.1) is 27.2 Å². The van der Waals surface area contributed by atoms with E-state index in [4.69, 9.17) is 16.4 Å². The van der Waals surface area contributed by atoms with Crippen LogP contribution in [0.4, 0.5) is 0 Å². The first-order valence-electron chi connectivity index (χ1n) is 7.73. The first kappa shape index (κ1) is 16.2. The molecule has 0 N–H and O–H groups in total. The van der Waals surface area contributed by atoms with Crippen LogP contribution in [0.15, 0.2) is 48.7 Å². The van der Waals surface area contributed by atoms with Gasteiger partial charge in [-0.05, 0) is 30.7 Å². The Bertz CT molecular complexity index is 1070.